The van der Waals surface area contributed by atoms with Crippen molar-refractivity contribution in [1.82, 2.24) is 4.90 Å². The van der Waals surface area contributed by atoms with E-state index in [4.69, 9.17) is 4.74 Å². The van der Waals surface area contributed by atoms with Crippen LogP contribution in [-0.2, 0) is 0 Å². The van der Waals surface area contributed by atoms with Crippen molar-refractivity contribution in [2.45, 2.75) is 39.7 Å². The summed E-state index contributed by atoms with van der Waals surface area (Å²) >= 11 is 0. The fourth-order valence-electron chi connectivity index (χ4n) is 3.25. The fraction of sp³-hybridized carbons (Fsp3) is 0.391. The van der Waals surface area contributed by atoms with E-state index >= 15 is 0 Å². The highest BCUT2D eigenvalue weighted by atomic mass is 16.5. The Morgan fingerprint density at radius 2 is 1.54 bits per heavy atom. The average molecular weight is 380 g/mol. The highest BCUT2D eigenvalue weighted by Crippen LogP contribution is 2.20. The van der Waals surface area contributed by atoms with Crippen LogP contribution in [0.25, 0.3) is 0 Å². The van der Waals surface area contributed by atoms with E-state index in [1.165, 1.54) is 0 Å². The van der Waals surface area contributed by atoms with E-state index in [9.17, 15) is 9.59 Å². The molecular weight excluding hydrogens is 352 g/mol. The van der Waals surface area contributed by atoms with Gasteiger partial charge in [0.15, 0.2) is 0 Å². The molecule has 2 aromatic rings. The number of ether oxygens (including phenoxy) is 1. The summed E-state index contributed by atoms with van der Waals surface area (Å²) in [6, 6.07) is 14.1. The molecule has 1 fully saturated rings. The SMILES string of the molecule is CC1CCN(C(=O)c2ccc(NC(=O)c3ccc(OC(C)C)cc3)cc2)CC1. The third kappa shape index (κ3) is 5.12. The summed E-state index contributed by atoms with van der Waals surface area (Å²) in [5, 5.41) is 2.87. The summed E-state index contributed by atoms with van der Waals surface area (Å²) in [6.45, 7) is 7.77. The lowest BCUT2D eigenvalue weighted by Gasteiger charge is -2.30. The van der Waals surface area contributed by atoms with Gasteiger partial charge in [-0.05, 0) is 81.1 Å². The van der Waals surface area contributed by atoms with Crippen molar-refractivity contribution in [2.75, 3.05) is 18.4 Å². The zero-order chi connectivity index (χ0) is 20.1. The van der Waals surface area contributed by atoms with Gasteiger partial charge in [-0.25, -0.2) is 0 Å². The van der Waals surface area contributed by atoms with Crippen molar-refractivity contribution in [3.05, 3.63) is 59.7 Å². The summed E-state index contributed by atoms with van der Waals surface area (Å²) in [6.07, 6.45) is 2.20. The highest BCUT2D eigenvalue weighted by molar-refractivity contribution is 6.04. The number of benzene rings is 2. The molecular formula is C23H28N2O3. The molecule has 0 spiro atoms. The molecule has 1 aliphatic rings. The molecule has 1 N–H and O–H groups in total. The van der Waals surface area contributed by atoms with E-state index < -0.39 is 0 Å². The van der Waals surface area contributed by atoms with E-state index in [0.717, 1.165) is 31.7 Å². The van der Waals surface area contributed by atoms with Gasteiger partial charge in [-0.15, -0.1) is 0 Å². The van der Waals surface area contributed by atoms with Gasteiger partial charge in [0.25, 0.3) is 11.8 Å². The summed E-state index contributed by atoms with van der Waals surface area (Å²) in [4.78, 5) is 26.9. The number of rotatable bonds is 5. The lowest BCUT2D eigenvalue weighted by atomic mass is 9.98. The molecule has 1 saturated heterocycles. The first-order valence-corrected chi connectivity index (χ1v) is 9.90. The molecule has 0 aliphatic carbocycles. The zero-order valence-electron chi connectivity index (χ0n) is 16.8. The number of carbonyl (C=O) groups is 2. The third-order valence-corrected chi connectivity index (χ3v) is 4.95. The first-order chi connectivity index (χ1) is 13.4. The summed E-state index contributed by atoms with van der Waals surface area (Å²) in [5.41, 5.74) is 1.87. The Labute approximate surface area is 166 Å². The van der Waals surface area contributed by atoms with Crippen molar-refractivity contribution in [3.63, 3.8) is 0 Å². The van der Waals surface area contributed by atoms with Crippen LogP contribution < -0.4 is 10.1 Å². The van der Waals surface area contributed by atoms with Crippen LogP contribution in [0.4, 0.5) is 5.69 Å². The van der Waals surface area contributed by atoms with Crippen molar-refractivity contribution in [2.24, 2.45) is 5.92 Å². The van der Waals surface area contributed by atoms with Crippen LogP contribution in [0.1, 0.15) is 54.3 Å². The molecule has 28 heavy (non-hydrogen) atoms. The van der Waals surface area contributed by atoms with Crippen LogP contribution in [0.3, 0.4) is 0 Å². The number of carbonyl (C=O) groups excluding carboxylic acids is 2. The standard InChI is InChI=1S/C23H28N2O3/c1-16(2)28-21-10-6-18(7-11-21)22(26)24-20-8-4-19(5-9-20)23(27)25-14-12-17(3)13-15-25/h4-11,16-17H,12-15H2,1-3H3,(H,24,26). The molecule has 0 aromatic heterocycles. The number of nitrogens with one attached hydrogen (secondary N) is 1. The molecule has 2 aromatic carbocycles. The summed E-state index contributed by atoms with van der Waals surface area (Å²) in [7, 11) is 0. The van der Waals surface area contributed by atoms with E-state index in [0.29, 0.717) is 22.7 Å². The van der Waals surface area contributed by atoms with E-state index in [2.05, 4.69) is 12.2 Å². The van der Waals surface area contributed by atoms with Crippen LogP contribution in [0, 0.1) is 5.92 Å². The highest BCUT2D eigenvalue weighted by Gasteiger charge is 2.21. The van der Waals surface area contributed by atoms with Crippen LogP contribution in [-0.4, -0.2) is 35.9 Å². The molecule has 5 heteroatoms. The topological polar surface area (TPSA) is 58.6 Å². The Kier molecular flexibility index (Phi) is 6.34. The Morgan fingerprint density at radius 3 is 2.11 bits per heavy atom. The number of hydrogen-bond donors (Lipinski definition) is 1. The third-order valence-electron chi connectivity index (χ3n) is 4.95. The molecule has 3 rings (SSSR count). The minimum absolute atomic E-state index is 0.0607. The largest absolute Gasteiger partial charge is 0.491 e. The van der Waals surface area contributed by atoms with Gasteiger partial charge in [-0.2, -0.15) is 0 Å². The van der Waals surface area contributed by atoms with Gasteiger partial charge >= 0.3 is 0 Å². The first kappa shape index (κ1) is 19.9. The lowest BCUT2D eigenvalue weighted by molar-refractivity contribution is 0.0697. The average Bonchev–Trinajstić information content (AvgIpc) is 2.69. The monoisotopic (exact) mass is 380 g/mol. The zero-order valence-corrected chi connectivity index (χ0v) is 16.8. The second kappa shape index (κ2) is 8.91. The molecule has 0 saturated carbocycles. The van der Waals surface area contributed by atoms with Crippen molar-refractivity contribution < 1.29 is 14.3 Å². The first-order valence-electron chi connectivity index (χ1n) is 9.90. The van der Waals surface area contributed by atoms with Crippen molar-refractivity contribution in [3.8, 4) is 5.75 Å². The smallest absolute Gasteiger partial charge is 0.255 e. The van der Waals surface area contributed by atoms with Crippen molar-refractivity contribution in [1.29, 1.82) is 0 Å². The molecule has 5 nitrogen and oxygen atoms in total. The predicted molar refractivity (Wildman–Crippen MR) is 111 cm³/mol. The molecule has 0 atom stereocenters. The molecule has 1 aliphatic heterocycles. The Hall–Kier alpha value is -2.82. The molecule has 1 heterocycles. The fourth-order valence-corrected chi connectivity index (χ4v) is 3.25. The van der Waals surface area contributed by atoms with Gasteiger partial charge in [0.2, 0.25) is 0 Å². The Bertz CT molecular complexity index is 805. The maximum atomic E-state index is 12.6. The van der Waals surface area contributed by atoms with Gasteiger partial charge in [0, 0.05) is 29.9 Å². The number of amides is 2. The van der Waals surface area contributed by atoms with E-state index in [-0.39, 0.29) is 17.9 Å². The van der Waals surface area contributed by atoms with E-state index in [1.807, 2.05) is 18.7 Å². The van der Waals surface area contributed by atoms with Gasteiger partial charge < -0.3 is 15.0 Å². The number of anilines is 1. The quantitative estimate of drug-likeness (QED) is 0.825. The maximum Gasteiger partial charge on any atom is 0.255 e. The Balaban J connectivity index is 1.59. The molecule has 148 valence electrons. The minimum atomic E-state index is -0.194. The Morgan fingerprint density at radius 1 is 0.964 bits per heavy atom. The number of likely N-dealkylation sites (tertiary alicyclic amines) is 1. The molecule has 2 amide bonds. The molecule has 0 bridgehead atoms. The maximum absolute atomic E-state index is 12.6. The predicted octanol–water partition coefficient (Wildman–Crippen LogP) is 4.60. The van der Waals surface area contributed by atoms with Gasteiger partial charge in [-0.1, -0.05) is 6.92 Å². The van der Waals surface area contributed by atoms with Crippen LogP contribution in [0.5, 0.6) is 5.75 Å². The lowest BCUT2D eigenvalue weighted by Crippen LogP contribution is -2.37. The second-order valence-electron chi connectivity index (χ2n) is 7.70. The minimum Gasteiger partial charge on any atom is -0.491 e. The number of hydrogen-bond acceptors (Lipinski definition) is 3. The molecule has 0 radical (unpaired) electrons. The van der Waals surface area contributed by atoms with Crippen LogP contribution in [0.15, 0.2) is 48.5 Å². The number of nitrogens with zero attached hydrogens (tertiary/aromatic N) is 1. The molecule has 0 unspecified atom stereocenters. The van der Waals surface area contributed by atoms with Gasteiger partial charge in [0.05, 0.1) is 6.10 Å². The van der Waals surface area contributed by atoms with Crippen LogP contribution >= 0.6 is 0 Å². The second-order valence-corrected chi connectivity index (χ2v) is 7.70. The number of piperidine rings is 1. The van der Waals surface area contributed by atoms with E-state index in [1.54, 1.807) is 48.5 Å². The van der Waals surface area contributed by atoms with Gasteiger partial charge in [-0.3, -0.25) is 9.59 Å². The normalized spacial score (nSPS) is 14.8. The summed E-state index contributed by atoms with van der Waals surface area (Å²) < 4.78 is 5.59. The van der Waals surface area contributed by atoms with Crippen molar-refractivity contribution >= 4 is 17.5 Å². The van der Waals surface area contributed by atoms with Gasteiger partial charge in [0.1, 0.15) is 5.75 Å². The summed E-state index contributed by atoms with van der Waals surface area (Å²) in [5.74, 6) is 1.29. The van der Waals surface area contributed by atoms with Crippen LogP contribution in [0.2, 0.25) is 0 Å².